The molecular weight excluding hydrogens is 553 g/mol. The Morgan fingerprint density at radius 1 is 1.12 bits per heavy atom. The van der Waals surface area contributed by atoms with Gasteiger partial charge in [-0.15, -0.1) is 0 Å². The maximum Gasteiger partial charge on any atom is 0.409 e. The van der Waals surface area contributed by atoms with Crippen molar-refractivity contribution in [1.82, 2.24) is 30.0 Å². The number of carbonyl (C=O) groups is 1. The number of aromatic amines is 1. The van der Waals surface area contributed by atoms with E-state index >= 15 is 0 Å². The number of hydrogen-bond donors (Lipinski definition) is 1. The summed E-state index contributed by atoms with van der Waals surface area (Å²) in [7, 11) is 0. The number of carbonyl (C=O) groups excluding carboxylic acids is 1. The smallest absolute Gasteiger partial charge is 0.409 e. The summed E-state index contributed by atoms with van der Waals surface area (Å²) in [6.07, 6.45) is 8.15. The highest BCUT2D eigenvalue weighted by Gasteiger charge is 2.47. The van der Waals surface area contributed by atoms with Gasteiger partial charge in [0.15, 0.2) is 0 Å². The molecular formula is C28H29Cl2N7O3. The molecule has 1 atom stereocenters. The average molecular weight is 582 g/mol. The number of amides is 1. The van der Waals surface area contributed by atoms with Gasteiger partial charge in [-0.05, 0) is 44.9 Å². The lowest BCUT2D eigenvalue weighted by atomic mass is 9.73. The largest absolute Gasteiger partial charge is 0.486 e. The van der Waals surface area contributed by atoms with E-state index in [0.717, 1.165) is 54.6 Å². The second kappa shape index (κ2) is 10.7. The van der Waals surface area contributed by atoms with Crippen molar-refractivity contribution in [3.63, 3.8) is 0 Å². The van der Waals surface area contributed by atoms with Crippen LogP contribution in [0.2, 0.25) is 10.0 Å². The molecule has 1 spiro atoms. The monoisotopic (exact) mass is 581 g/mol. The Labute approximate surface area is 241 Å². The van der Waals surface area contributed by atoms with Crippen molar-refractivity contribution >= 4 is 46.1 Å². The summed E-state index contributed by atoms with van der Waals surface area (Å²) in [6, 6.07) is 5.72. The van der Waals surface area contributed by atoms with Gasteiger partial charge < -0.3 is 19.3 Å². The fourth-order valence-corrected chi connectivity index (χ4v) is 6.38. The van der Waals surface area contributed by atoms with Crippen LogP contribution in [-0.4, -0.2) is 68.9 Å². The minimum Gasteiger partial charge on any atom is -0.486 e. The van der Waals surface area contributed by atoms with Crippen LogP contribution >= 0.6 is 23.2 Å². The SMILES string of the molecule is CCOC(=O)N1CCCC2(C1)CN(c1ncc(-c3n[nH]c4ccc(O[C@H](C)c5c(Cl)cncc5Cl)cc34)cn1)C2. The number of anilines is 1. The summed E-state index contributed by atoms with van der Waals surface area (Å²) < 4.78 is 11.4. The van der Waals surface area contributed by atoms with Crippen LogP contribution < -0.4 is 9.64 Å². The number of likely N-dealkylation sites (tertiary alicyclic amines) is 1. The van der Waals surface area contributed by atoms with Crippen LogP contribution in [0.4, 0.5) is 10.7 Å². The zero-order valence-corrected chi connectivity index (χ0v) is 23.7. The minimum absolute atomic E-state index is 0.0731. The number of hydrogen-bond acceptors (Lipinski definition) is 8. The molecule has 2 fully saturated rings. The Bertz CT molecular complexity index is 1520. The number of nitrogens with one attached hydrogen (secondary N) is 1. The molecule has 1 aromatic carbocycles. The zero-order valence-electron chi connectivity index (χ0n) is 22.2. The number of aromatic nitrogens is 5. The molecule has 0 saturated carbocycles. The number of nitrogens with zero attached hydrogens (tertiary/aromatic N) is 6. The Hall–Kier alpha value is -3.63. The second-order valence-electron chi connectivity index (χ2n) is 10.4. The van der Waals surface area contributed by atoms with Crippen LogP contribution in [0.5, 0.6) is 5.75 Å². The van der Waals surface area contributed by atoms with Crippen LogP contribution in [0.25, 0.3) is 22.2 Å². The van der Waals surface area contributed by atoms with E-state index in [0.29, 0.717) is 40.5 Å². The van der Waals surface area contributed by atoms with Gasteiger partial charge >= 0.3 is 6.09 Å². The summed E-state index contributed by atoms with van der Waals surface area (Å²) in [4.78, 5) is 29.5. The standard InChI is InChI=1S/C28H29Cl2N7O3/c1-3-39-27(38)36-8-4-7-28(14-36)15-37(16-28)26-32-10-18(11-33-26)25-20-9-19(5-6-23(20)34-35-25)40-17(2)24-21(29)12-31-13-22(24)30/h5-6,9-13,17H,3-4,7-8,14-16H2,1-2H3,(H,34,35)/t17-/m1/s1. The van der Waals surface area contributed by atoms with Crippen molar-refractivity contribution in [3.05, 3.63) is 58.6 Å². The van der Waals surface area contributed by atoms with Gasteiger partial charge in [-0.2, -0.15) is 5.10 Å². The van der Waals surface area contributed by atoms with Crippen molar-refractivity contribution in [1.29, 1.82) is 0 Å². The summed E-state index contributed by atoms with van der Waals surface area (Å²) in [5.74, 6) is 1.32. The first-order chi connectivity index (χ1) is 19.4. The zero-order chi connectivity index (χ0) is 27.9. The van der Waals surface area contributed by atoms with Gasteiger partial charge in [-0.25, -0.2) is 14.8 Å². The molecule has 10 nitrogen and oxygen atoms in total. The van der Waals surface area contributed by atoms with Gasteiger partial charge in [0.25, 0.3) is 0 Å². The quantitative estimate of drug-likeness (QED) is 0.299. The van der Waals surface area contributed by atoms with E-state index < -0.39 is 0 Å². The van der Waals surface area contributed by atoms with Gasteiger partial charge in [0.05, 0.1) is 22.2 Å². The number of benzene rings is 1. The number of fused-ring (bicyclic) bond motifs is 1. The fourth-order valence-electron chi connectivity index (χ4n) is 5.71. The first-order valence-corrected chi connectivity index (χ1v) is 14.0. The molecule has 2 aliphatic heterocycles. The molecule has 4 aromatic rings. The third-order valence-corrected chi connectivity index (χ3v) is 8.18. The van der Waals surface area contributed by atoms with E-state index in [1.54, 1.807) is 24.8 Å². The Morgan fingerprint density at radius 2 is 1.88 bits per heavy atom. The molecule has 2 aliphatic rings. The van der Waals surface area contributed by atoms with Crippen LogP contribution in [0.15, 0.2) is 43.0 Å². The topological polar surface area (TPSA) is 109 Å². The van der Waals surface area contributed by atoms with E-state index in [2.05, 4.69) is 30.0 Å². The van der Waals surface area contributed by atoms with Crippen LogP contribution in [0, 0.1) is 5.41 Å². The normalized spacial score (nSPS) is 17.1. The van der Waals surface area contributed by atoms with Gasteiger partial charge in [-0.1, -0.05) is 23.2 Å². The predicted molar refractivity (Wildman–Crippen MR) is 153 cm³/mol. The number of piperidine rings is 1. The molecule has 40 heavy (non-hydrogen) atoms. The molecule has 0 aliphatic carbocycles. The summed E-state index contributed by atoms with van der Waals surface area (Å²) in [5.41, 5.74) is 3.15. The van der Waals surface area contributed by atoms with Gasteiger partial charge in [0, 0.05) is 72.9 Å². The Kier molecular flexibility index (Phi) is 7.14. The van der Waals surface area contributed by atoms with Crippen molar-refractivity contribution in [3.8, 4) is 17.0 Å². The highest BCUT2D eigenvalue weighted by Crippen LogP contribution is 2.41. The first-order valence-electron chi connectivity index (χ1n) is 13.3. The summed E-state index contributed by atoms with van der Waals surface area (Å²) in [5, 5.41) is 9.38. The second-order valence-corrected chi connectivity index (χ2v) is 11.2. The first kappa shape index (κ1) is 26.6. The van der Waals surface area contributed by atoms with E-state index in [9.17, 15) is 4.79 Å². The van der Waals surface area contributed by atoms with E-state index in [1.165, 1.54) is 0 Å². The van der Waals surface area contributed by atoms with E-state index in [-0.39, 0.29) is 17.6 Å². The highest BCUT2D eigenvalue weighted by molar-refractivity contribution is 6.35. The predicted octanol–water partition coefficient (Wildman–Crippen LogP) is 5.92. The molecule has 0 unspecified atom stereocenters. The molecule has 0 bridgehead atoms. The third-order valence-electron chi connectivity index (χ3n) is 7.58. The number of pyridine rings is 1. The molecule has 6 rings (SSSR count). The van der Waals surface area contributed by atoms with E-state index in [4.69, 9.17) is 32.7 Å². The number of halogens is 2. The summed E-state index contributed by atoms with van der Waals surface area (Å²) >= 11 is 12.6. The molecule has 0 radical (unpaired) electrons. The maximum absolute atomic E-state index is 12.2. The van der Waals surface area contributed by atoms with Crippen LogP contribution in [0.3, 0.4) is 0 Å². The van der Waals surface area contributed by atoms with Crippen molar-refractivity contribution in [2.75, 3.05) is 37.7 Å². The average Bonchev–Trinajstić information content (AvgIpc) is 3.35. The molecule has 12 heteroatoms. The summed E-state index contributed by atoms with van der Waals surface area (Å²) in [6.45, 7) is 7.21. The number of H-pyrrole nitrogens is 1. The minimum atomic E-state index is -0.383. The lowest BCUT2D eigenvalue weighted by Gasteiger charge is -2.54. The van der Waals surface area contributed by atoms with Crippen molar-refractivity contribution < 1.29 is 14.3 Å². The van der Waals surface area contributed by atoms with Crippen molar-refractivity contribution in [2.24, 2.45) is 5.41 Å². The van der Waals surface area contributed by atoms with Gasteiger partial charge in [-0.3, -0.25) is 10.1 Å². The highest BCUT2D eigenvalue weighted by atomic mass is 35.5. The van der Waals surface area contributed by atoms with Crippen LogP contribution in [0.1, 0.15) is 38.4 Å². The Morgan fingerprint density at radius 3 is 2.60 bits per heavy atom. The fraction of sp³-hybridized carbons (Fsp3) is 0.393. The molecule has 3 aromatic heterocycles. The van der Waals surface area contributed by atoms with Gasteiger partial charge in [0.2, 0.25) is 5.95 Å². The van der Waals surface area contributed by atoms with E-state index in [1.807, 2.05) is 36.9 Å². The number of rotatable bonds is 6. The Balaban J connectivity index is 1.15. The molecule has 208 valence electrons. The molecule has 1 N–H and O–H groups in total. The molecule has 2 saturated heterocycles. The number of ether oxygens (including phenoxy) is 2. The maximum atomic E-state index is 12.2. The van der Waals surface area contributed by atoms with Crippen LogP contribution in [-0.2, 0) is 4.74 Å². The lowest BCUT2D eigenvalue weighted by Crippen LogP contribution is -2.64. The van der Waals surface area contributed by atoms with Gasteiger partial charge in [0.1, 0.15) is 17.5 Å². The molecule has 5 heterocycles. The third kappa shape index (κ3) is 5.01. The molecule has 1 amide bonds. The van der Waals surface area contributed by atoms with Crippen molar-refractivity contribution in [2.45, 2.75) is 32.8 Å². The lowest BCUT2D eigenvalue weighted by molar-refractivity contribution is 0.0430.